The van der Waals surface area contributed by atoms with Crippen molar-refractivity contribution in [3.63, 3.8) is 0 Å². The highest BCUT2D eigenvalue weighted by atomic mass is 35.5. The van der Waals surface area contributed by atoms with E-state index in [9.17, 15) is 12.8 Å². The van der Waals surface area contributed by atoms with Crippen LogP contribution in [-0.2, 0) is 10.0 Å². The molecule has 0 amide bonds. The average molecular weight is 372 g/mol. The number of hydrogen-bond acceptors (Lipinski definition) is 5. The molecule has 0 spiro atoms. The van der Waals surface area contributed by atoms with Crippen molar-refractivity contribution in [2.45, 2.75) is 23.8 Å². The van der Waals surface area contributed by atoms with Crippen molar-refractivity contribution in [2.24, 2.45) is 0 Å². The molecule has 0 radical (unpaired) electrons. The van der Waals surface area contributed by atoms with Crippen LogP contribution >= 0.6 is 11.6 Å². The number of nitrogens with zero attached hydrogens (tertiary/aromatic N) is 3. The van der Waals surface area contributed by atoms with Gasteiger partial charge >= 0.3 is 6.01 Å². The fourth-order valence-corrected chi connectivity index (χ4v) is 4.32. The van der Waals surface area contributed by atoms with E-state index in [1.54, 1.807) is 12.1 Å². The van der Waals surface area contributed by atoms with Crippen LogP contribution in [0.1, 0.15) is 12.8 Å². The highest BCUT2D eigenvalue weighted by Gasteiger charge is 2.31. The van der Waals surface area contributed by atoms with Crippen LogP contribution in [0, 0.1) is 5.82 Å². The second kappa shape index (κ2) is 7.00. The quantitative estimate of drug-likeness (QED) is 0.825. The number of hydrogen-bond donors (Lipinski definition) is 0. The van der Waals surface area contributed by atoms with Gasteiger partial charge in [-0.25, -0.2) is 22.8 Å². The predicted octanol–water partition coefficient (Wildman–Crippen LogP) is 2.50. The molecular weight excluding hydrogens is 357 g/mol. The zero-order valence-electron chi connectivity index (χ0n) is 12.6. The molecule has 6 nitrogen and oxygen atoms in total. The molecule has 3 rings (SSSR count). The van der Waals surface area contributed by atoms with Crippen molar-refractivity contribution in [2.75, 3.05) is 13.1 Å². The lowest BCUT2D eigenvalue weighted by Gasteiger charge is -2.31. The van der Waals surface area contributed by atoms with E-state index >= 15 is 0 Å². The zero-order chi connectivity index (χ0) is 17.2. The van der Waals surface area contributed by atoms with Crippen LogP contribution in [0.15, 0.2) is 41.6 Å². The van der Waals surface area contributed by atoms with E-state index in [0.717, 1.165) is 12.4 Å². The second-order valence-electron chi connectivity index (χ2n) is 5.39. The number of ether oxygens (including phenoxy) is 1. The molecule has 1 aliphatic heterocycles. The Morgan fingerprint density at radius 2 is 2.04 bits per heavy atom. The van der Waals surface area contributed by atoms with Gasteiger partial charge in [0.05, 0.1) is 23.8 Å². The summed E-state index contributed by atoms with van der Waals surface area (Å²) in [7, 11) is -3.65. The van der Waals surface area contributed by atoms with E-state index in [4.69, 9.17) is 16.3 Å². The fraction of sp³-hybridized carbons (Fsp3) is 0.333. The van der Waals surface area contributed by atoms with Crippen molar-refractivity contribution in [1.82, 2.24) is 14.3 Å². The molecule has 1 aliphatic rings. The van der Waals surface area contributed by atoms with Gasteiger partial charge in [0.15, 0.2) is 5.82 Å². The molecule has 0 saturated carbocycles. The Kier molecular flexibility index (Phi) is 4.98. The van der Waals surface area contributed by atoms with E-state index in [2.05, 4.69) is 9.97 Å². The maximum atomic E-state index is 12.8. The second-order valence-corrected chi connectivity index (χ2v) is 7.76. The molecule has 9 heteroatoms. The highest BCUT2D eigenvalue weighted by Crippen LogP contribution is 2.24. The van der Waals surface area contributed by atoms with E-state index in [0.29, 0.717) is 24.4 Å². The van der Waals surface area contributed by atoms with Gasteiger partial charge in [0.25, 0.3) is 0 Å². The molecule has 1 unspecified atom stereocenters. The SMILES string of the molecule is O=S(=O)(c1cccc(Cl)c1)N1CCCC(Oc2ncc(F)cn2)C1. The topological polar surface area (TPSA) is 72.4 Å². The summed E-state index contributed by atoms with van der Waals surface area (Å²) in [4.78, 5) is 7.62. The maximum Gasteiger partial charge on any atom is 0.316 e. The Hall–Kier alpha value is -1.77. The Morgan fingerprint density at radius 1 is 1.29 bits per heavy atom. The summed E-state index contributed by atoms with van der Waals surface area (Å²) in [6.45, 7) is 0.578. The normalized spacial score (nSPS) is 19.2. The third-order valence-electron chi connectivity index (χ3n) is 3.64. The molecular formula is C15H15ClFN3O3S. The van der Waals surface area contributed by atoms with Gasteiger partial charge in [0, 0.05) is 11.6 Å². The number of benzene rings is 1. The molecule has 2 heterocycles. The van der Waals surface area contributed by atoms with Crippen molar-refractivity contribution in [3.8, 4) is 6.01 Å². The minimum atomic E-state index is -3.65. The molecule has 2 aromatic rings. The Balaban J connectivity index is 1.74. The third kappa shape index (κ3) is 3.82. The average Bonchev–Trinajstić information content (AvgIpc) is 2.57. The van der Waals surface area contributed by atoms with Gasteiger partial charge in [0.1, 0.15) is 6.10 Å². The summed E-state index contributed by atoms with van der Waals surface area (Å²) in [5, 5.41) is 0.362. The fourth-order valence-electron chi connectivity index (χ4n) is 2.51. The molecule has 0 N–H and O–H groups in total. The van der Waals surface area contributed by atoms with E-state index in [1.165, 1.54) is 16.4 Å². The lowest BCUT2D eigenvalue weighted by atomic mass is 10.1. The summed E-state index contributed by atoms with van der Waals surface area (Å²) in [6.07, 6.45) is 2.93. The standard InChI is InChI=1S/C15H15ClFN3O3S/c16-11-3-1-5-14(7-11)24(21,22)20-6-2-4-13(10-20)23-15-18-8-12(17)9-19-15/h1,3,5,7-9,13H,2,4,6,10H2. The number of halogens is 2. The first-order valence-electron chi connectivity index (χ1n) is 7.35. The largest absolute Gasteiger partial charge is 0.459 e. The minimum Gasteiger partial charge on any atom is -0.459 e. The van der Waals surface area contributed by atoms with Crippen LogP contribution in [0.5, 0.6) is 6.01 Å². The van der Waals surface area contributed by atoms with Gasteiger partial charge in [-0.2, -0.15) is 4.31 Å². The van der Waals surface area contributed by atoms with E-state index < -0.39 is 21.9 Å². The summed E-state index contributed by atoms with van der Waals surface area (Å²) >= 11 is 5.88. The summed E-state index contributed by atoms with van der Waals surface area (Å²) in [6, 6.07) is 6.18. The van der Waals surface area contributed by atoms with Crippen LogP contribution < -0.4 is 4.74 Å². The lowest BCUT2D eigenvalue weighted by molar-refractivity contribution is 0.119. The Morgan fingerprint density at radius 3 is 2.75 bits per heavy atom. The number of rotatable bonds is 4. The number of sulfonamides is 1. The predicted molar refractivity (Wildman–Crippen MR) is 85.9 cm³/mol. The van der Waals surface area contributed by atoms with Gasteiger partial charge in [-0.1, -0.05) is 17.7 Å². The molecule has 0 aliphatic carbocycles. The van der Waals surface area contributed by atoms with E-state index in [1.807, 2.05) is 0 Å². The lowest BCUT2D eigenvalue weighted by Crippen LogP contribution is -2.44. The summed E-state index contributed by atoms with van der Waals surface area (Å²) < 4.78 is 45.2. The van der Waals surface area contributed by atoms with Crippen molar-refractivity contribution in [1.29, 1.82) is 0 Å². The molecule has 1 aromatic carbocycles. The molecule has 1 aromatic heterocycles. The van der Waals surface area contributed by atoms with Crippen LogP contribution in [0.2, 0.25) is 5.02 Å². The Labute approximate surface area is 144 Å². The van der Waals surface area contributed by atoms with Crippen molar-refractivity contribution in [3.05, 3.63) is 47.5 Å². The van der Waals surface area contributed by atoms with Gasteiger partial charge in [-0.3, -0.25) is 0 Å². The van der Waals surface area contributed by atoms with Crippen LogP contribution in [-0.4, -0.2) is 41.9 Å². The highest BCUT2D eigenvalue weighted by molar-refractivity contribution is 7.89. The van der Waals surface area contributed by atoms with Crippen molar-refractivity contribution >= 4 is 21.6 Å². The van der Waals surface area contributed by atoms with Crippen LogP contribution in [0.25, 0.3) is 0 Å². The molecule has 1 atom stereocenters. The Bertz CT molecular complexity index is 817. The minimum absolute atomic E-state index is 0.0309. The first-order valence-corrected chi connectivity index (χ1v) is 9.17. The molecule has 128 valence electrons. The van der Waals surface area contributed by atoms with Gasteiger partial charge in [-0.05, 0) is 31.0 Å². The van der Waals surface area contributed by atoms with E-state index in [-0.39, 0.29) is 17.5 Å². The van der Waals surface area contributed by atoms with Crippen LogP contribution in [0.3, 0.4) is 0 Å². The molecule has 1 saturated heterocycles. The zero-order valence-corrected chi connectivity index (χ0v) is 14.2. The molecule has 1 fully saturated rings. The monoisotopic (exact) mass is 371 g/mol. The molecule has 24 heavy (non-hydrogen) atoms. The van der Waals surface area contributed by atoms with Crippen molar-refractivity contribution < 1.29 is 17.5 Å². The summed E-state index contributed by atoms with van der Waals surface area (Å²) in [5.74, 6) is -0.559. The van der Waals surface area contributed by atoms with Gasteiger partial charge < -0.3 is 4.74 Å². The maximum absolute atomic E-state index is 12.8. The third-order valence-corrected chi connectivity index (χ3v) is 5.74. The van der Waals surface area contributed by atoms with Crippen LogP contribution in [0.4, 0.5) is 4.39 Å². The molecule has 0 bridgehead atoms. The number of piperidine rings is 1. The first-order chi connectivity index (χ1) is 11.4. The van der Waals surface area contributed by atoms with Gasteiger partial charge in [-0.15, -0.1) is 0 Å². The van der Waals surface area contributed by atoms with Gasteiger partial charge in [0.2, 0.25) is 10.0 Å². The number of aromatic nitrogens is 2. The first kappa shape index (κ1) is 17.1. The smallest absolute Gasteiger partial charge is 0.316 e. The summed E-state index contributed by atoms with van der Waals surface area (Å²) in [5.41, 5.74) is 0.